The molecule has 1 radical (unpaired) electrons. The standard InChI is InChI=1S/C21H18N3.C12H14N3.Ir/c1-13-7-14(2)9-18(8-13)21-16(4)24-20(12-23-21)19-6-5-17(11-22)10-15(19)3;1-12(2,3)11-8-10(14-15-11)9-6-4-5-7-13-9;/h5-8,10,12H,1-4H3;4-8H,1-3H3;/q2*-1;. The fourth-order valence-corrected chi connectivity index (χ4v) is 4.22. The van der Waals surface area contributed by atoms with Crippen molar-refractivity contribution in [1.82, 2.24) is 25.1 Å². The predicted octanol–water partition coefficient (Wildman–Crippen LogP) is 7.11. The van der Waals surface area contributed by atoms with E-state index in [4.69, 9.17) is 10.2 Å². The molecule has 0 fully saturated rings. The molecular formula is C33H32IrN6-2. The van der Waals surface area contributed by atoms with Gasteiger partial charge < -0.3 is 15.2 Å². The summed E-state index contributed by atoms with van der Waals surface area (Å²) in [6.45, 7) is 14.4. The first kappa shape index (κ1) is 30.6. The first-order valence-corrected chi connectivity index (χ1v) is 12.8. The van der Waals surface area contributed by atoms with Gasteiger partial charge in [-0.2, -0.15) is 5.26 Å². The molecule has 0 bridgehead atoms. The van der Waals surface area contributed by atoms with Gasteiger partial charge in [0.1, 0.15) is 0 Å². The van der Waals surface area contributed by atoms with E-state index < -0.39 is 0 Å². The van der Waals surface area contributed by atoms with Crippen LogP contribution in [0.2, 0.25) is 0 Å². The fraction of sp³-hybridized carbons (Fsp3) is 0.242. The van der Waals surface area contributed by atoms with E-state index in [1.807, 2.05) is 63.2 Å². The van der Waals surface area contributed by atoms with Crippen LogP contribution in [0, 0.1) is 45.1 Å². The number of nitrogens with zero attached hydrogens (tertiary/aromatic N) is 6. The molecule has 0 unspecified atom stereocenters. The van der Waals surface area contributed by atoms with Gasteiger partial charge in [0, 0.05) is 66.3 Å². The quantitative estimate of drug-likeness (QED) is 0.186. The average molecular weight is 705 g/mol. The summed E-state index contributed by atoms with van der Waals surface area (Å²) in [7, 11) is 0. The summed E-state index contributed by atoms with van der Waals surface area (Å²) in [6, 6.07) is 23.1. The van der Waals surface area contributed by atoms with E-state index in [0.29, 0.717) is 5.56 Å². The van der Waals surface area contributed by atoms with E-state index in [1.54, 1.807) is 12.4 Å². The van der Waals surface area contributed by atoms with Gasteiger partial charge in [0.05, 0.1) is 17.3 Å². The molecule has 5 rings (SSSR count). The summed E-state index contributed by atoms with van der Waals surface area (Å²) < 4.78 is 0. The smallest absolute Gasteiger partial charge is 0.0991 e. The second-order valence-corrected chi connectivity index (χ2v) is 10.7. The second kappa shape index (κ2) is 12.9. The van der Waals surface area contributed by atoms with Gasteiger partial charge in [-0.15, -0.1) is 34.9 Å². The molecule has 2 aromatic carbocycles. The molecule has 0 saturated carbocycles. The van der Waals surface area contributed by atoms with Crippen molar-refractivity contribution >= 4 is 0 Å². The van der Waals surface area contributed by atoms with Gasteiger partial charge in [-0.25, -0.2) is 0 Å². The third-order valence-corrected chi connectivity index (χ3v) is 6.22. The Kier molecular flexibility index (Phi) is 9.87. The largest absolute Gasteiger partial charge is 0.573 e. The second-order valence-electron chi connectivity index (χ2n) is 10.7. The minimum Gasteiger partial charge on any atom is -0.573 e. The van der Waals surface area contributed by atoms with E-state index in [2.05, 4.69) is 72.1 Å². The minimum absolute atomic E-state index is 0. The normalized spacial score (nSPS) is 10.7. The van der Waals surface area contributed by atoms with Crippen molar-refractivity contribution in [3.05, 3.63) is 107 Å². The number of benzene rings is 2. The summed E-state index contributed by atoms with van der Waals surface area (Å²) >= 11 is 0. The number of pyridine rings is 1. The number of hydrogen-bond donors (Lipinski definition) is 0. The number of rotatable bonds is 3. The van der Waals surface area contributed by atoms with Crippen LogP contribution in [0.4, 0.5) is 0 Å². The maximum absolute atomic E-state index is 8.99. The van der Waals surface area contributed by atoms with E-state index in [0.717, 1.165) is 56.4 Å². The molecule has 0 atom stereocenters. The maximum Gasteiger partial charge on any atom is 0.0991 e. The van der Waals surface area contributed by atoms with Crippen LogP contribution in [-0.4, -0.2) is 20.1 Å². The van der Waals surface area contributed by atoms with Gasteiger partial charge in [0.2, 0.25) is 0 Å². The van der Waals surface area contributed by atoms with Crippen LogP contribution >= 0.6 is 0 Å². The molecule has 0 saturated heterocycles. The summed E-state index contributed by atoms with van der Waals surface area (Å²) in [5, 5.41) is 17.3. The summed E-state index contributed by atoms with van der Waals surface area (Å²) in [6.07, 6.45) is 3.56. The first-order valence-electron chi connectivity index (χ1n) is 12.8. The molecule has 7 heteroatoms. The molecular weight excluding hydrogens is 673 g/mol. The van der Waals surface area contributed by atoms with Crippen molar-refractivity contribution < 1.29 is 20.1 Å². The molecule has 0 N–H and O–H groups in total. The van der Waals surface area contributed by atoms with Crippen LogP contribution in [0.3, 0.4) is 0 Å². The van der Waals surface area contributed by atoms with Crippen molar-refractivity contribution in [2.75, 3.05) is 0 Å². The van der Waals surface area contributed by atoms with Crippen LogP contribution in [-0.2, 0) is 25.5 Å². The van der Waals surface area contributed by atoms with Crippen molar-refractivity contribution in [2.24, 2.45) is 0 Å². The summed E-state index contributed by atoms with van der Waals surface area (Å²) in [5.74, 6) is 0. The van der Waals surface area contributed by atoms with Crippen LogP contribution in [0.1, 0.15) is 54.4 Å². The van der Waals surface area contributed by atoms with Crippen LogP contribution < -0.4 is 5.10 Å². The molecule has 0 aliphatic heterocycles. The Morgan fingerprint density at radius 1 is 0.900 bits per heavy atom. The summed E-state index contributed by atoms with van der Waals surface area (Å²) in [4.78, 5) is 13.6. The minimum atomic E-state index is 0. The zero-order valence-electron chi connectivity index (χ0n) is 23.9. The number of nitriles is 1. The van der Waals surface area contributed by atoms with Crippen molar-refractivity contribution in [2.45, 2.75) is 53.9 Å². The monoisotopic (exact) mass is 705 g/mol. The third-order valence-electron chi connectivity index (χ3n) is 6.22. The maximum atomic E-state index is 8.99. The molecule has 6 nitrogen and oxygen atoms in total. The van der Waals surface area contributed by atoms with Crippen LogP contribution in [0.5, 0.6) is 0 Å². The van der Waals surface area contributed by atoms with Crippen LogP contribution in [0.25, 0.3) is 33.9 Å². The Morgan fingerprint density at radius 3 is 2.25 bits per heavy atom. The van der Waals surface area contributed by atoms with Gasteiger partial charge in [-0.3, -0.25) is 9.97 Å². The Morgan fingerprint density at radius 2 is 1.68 bits per heavy atom. The fourth-order valence-electron chi connectivity index (χ4n) is 4.22. The van der Waals surface area contributed by atoms with E-state index in [1.165, 1.54) is 5.56 Å². The van der Waals surface area contributed by atoms with E-state index in [-0.39, 0.29) is 25.5 Å². The van der Waals surface area contributed by atoms with Gasteiger partial charge >= 0.3 is 0 Å². The number of aryl methyl sites for hydroxylation is 4. The molecule has 0 amide bonds. The van der Waals surface area contributed by atoms with Crippen LogP contribution in [0.15, 0.2) is 67.0 Å². The Bertz CT molecular complexity index is 1620. The van der Waals surface area contributed by atoms with Crippen molar-refractivity contribution in [3.63, 3.8) is 0 Å². The Balaban J connectivity index is 0.000000238. The molecule has 5 aromatic rings. The molecule has 3 heterocycles. The molecule has 0 aliphatic rings. The zero-order valence-corrected chi connectivity index (χ0v) is 26.3. The first-order chi connectivity index (χ1) is 18.5. The van der Waals surface area contributed by atoms with Gasteiger partial charge in [0.25, 0.3) is 0 Å². The van der Waals surface area contributed by atoms with E-state index in [9.17, 15) is 0 Å². The molecule has 3 aromatic heterocycles. The van der Waals surface area contributed by atoms with Gasteiger partial charge in [0.15, 0.2) is 0 Å². The van der Waals surface area contributed by atoms with Crippen molar-refractivity contribution in [1.29, 1.82) is 5.26 Å². The predicted molar refractivity (Wildman–Crippen MR) is 155 cm³/mol. The Hall–Kier alpha value is -3.98. The average Bonchev–Trinajstić information content (AvgIpc) is 3.40. The molecule has 40 heavy (non-hydrogen) atoms. The third kappa shape index (κ3) is 7.35. The number of aromatic nitrogens is 5. The van der Waals surface area contributed by atoms with Crippen molar-refractivity contribution in [3.8, 4) is 40.0 Å². The zero-order chi connectivity index (χ0) is 28.2. The van der Waals surface area contributed by atoms with E-state index >= 15 is 0 Å². The molecule has 0 spiro atoms. The SMILES string of the molecule is CC(C)(C)c1cc(-c2ccccn2)[n-]n1.Cc1[c-]c(-c2ncc(-c3ccc(C#N)cc3C)nc2C)cc(C)c1.[Ir]. The number of hydrogen-bond acceptors (Lipinski definition) is 5. The molecule has 205 valence electrons. The topological polar surface area (TPSA) is 89.5 Å². The molecule has 0 aliphatic carbocycles. The Labute approximate surface area is 250 Å². The van der Waals surface area contributed by atoms with Gasteiger partial charge in [-0.1, -0.05) is 58.5 Å². The van der Waals surface area contributed by atoms with Gasteiger partial charge in [-0.05, 0) is 43.7 Å². The summed E-state index contributed by atoms with van der Waals surface area (Å²) in [5.41, 5.74) is 11.3.